The Bertz CT molecular complexity index is 643. The van der Waals surface area contributed by atoms with Crippen molar-refractivity contribution in [1.29, 1.82) is 0 Å². The molecule has 1 aromatic rings. The number of nitrogens with one attached hydrogen (secondary N) is 1. The molecule has 0 saturated carbocycles. The van der Waals surface area contributed by atoms with Gasteiger partial charge in [-0.2, -0.15) is 0 Å². The quantitative estimate of drug-likeness (QED) is 0.511. The summed E-state index contributed by atoms with van der Waals surface area (Å²) >= 11 is 5.61. The minimum absolute atomic E-state index is 0.593. The molecule has 136 valence electrons. The average molecular weight is 380 g/mol. The molecule has 0 aliphatic carbocycles. The highest BCUT2D eigenvalue weighted by Crippen LogP contribution is 2.20. The lowest BCUT2D eigenvalue weighted by Gasteiger charge is -2.22. The lowest BCUT2D eigenvalue weighted by molar-refractivity contribution is -0.904. The number of aromatic hydroxyl groups is 1. The number of rotatable bonds is 5. The molecule has 3 N–H and O–H groups in total. The van der Waals surface area contributed by atoms with Crippen molar-refractivity contribution in [3.63, 3.8) is 0 Å². The molecular formula is C15H22ClNO6S. The summed E-state index contributed by atoms with van der Waals surface area (Å²) in [5, 5.41) is 17.5. The van der Waals surface area contributed by atoms with Crippen molar-refractivity contribution in [3.8, 4) is 5.75 Å². The molecule has 9 heteroatoms. The molecule has 0 spiro atoms. The highest BCUT2D eigenvalue weighted by atomic mass is 35.5. The number of hydrogen-bond donors (Lipinski definition) is 3. The average Bonchev–Trinajstić information content (AvgIpc) is 2.53. The highest BCUT2D eigenvalue weighted by Gasteiger charge is 2.12. The van der Waals surface area contributed by atoms with Gasteiger partial charge in [-0.05, 0) is 37.5 Å². The third-order valence-electron chi connectivity index (χ3n) is 3.71. The van der Waals surface area contributed by atoms with Gasteiger partial charge in [0.25, 0.3) is 0 Å². The zero-order chi connectivity index (χ0) is 18.2. The molecule has 1 saturated heterocycles. The van der Waals surface area contributed by atoms with Gasteiger partial charge in [-0.15, -0.1) is 11.6 Å². The maximum atomic E-state index is 10.5. The number of hydrogen-bond acceptors (Lipinski definition) is 5. The van der Waals surface area contributed by atoms with Crippen LogP contribution in [-0.2, 0) is 10.1 Å². The molecule has 0 unspecified atom stereocenters. The first-order valence-corrected chi connectivity index (χ1v) is 9.61. The molecule has 24 heavy (non-hydrogen) atoms. The zero-order valence-corrected chi connectivity index (χ0v) is 14.8. The molecule has 0 aromatic heterocycles. The van der Waals surface area contributed by atoms with Gasteiger partial charge in [0.15, 0.2) is 0 Å². The Morgan fingerprint density at radius 3 is 2.38 bits per heavy atom. The summed E-state index contributed by atoms with van der Waals surface area (Å²) in [5.41, 5.74) is -0.623. The first-order valence-electron chi connectivity index (χ1n) is 7.67. The van der Waals surface area contributed by atoms with Crippen molar-refractivity contribution in [2.75, 3.05) is 25.5 Å². The van der Waals surface area contributed by atoms with E-state index in [-0.39, 0.29) is 0 Å². The predicted octanol–water partition coefficient (Wildman–Crippen LogP) is 0.679. The second kappa shape index (κ2) is 9.83. The zero-order valence-electron chi connectivity index (χ0n) is 13.2. The first-order chi connectivity index (χ1) is 11.3. The van der Waals surface area contributed by atoms with Crippen molar-refractivity contribution in [2.24, 2.45) is 0 Å². The van der Waals surface area contributed by atoms with Gasteiger partial charge >= 0.3 is 5.97 Å². The predicted molar refractivity (Wildman–Crippen MR) is 87.8 cm³/mol. The number of phenols is 1. The largest absolute Gasteiger partial charge is 0.744 e. The maximum absolute atomic E-state index is 10.5. The Kier molecular flexibility index (Phi) is 8.47. The van der Waals surface area contributed by atoms with Gasteiger partial charge < -0.3 is 19.7 Å². The summed E-state index contributed by atoms with van der Waals surface area (Å²) in [6.07, 6.45) is 5.50. The molecule has 7 nitrogen and oxygen atoms in total. The summed E-state index contributed by atoms with van der Waals surface area (Å²) < 4.78 is 31.5. The second-order valence-electron chi connectivity index (χ2n) is 5.54. The molecule has 1 aliphatic heterocycles. The summed E-state index contributed by atoms with van der Waals surface area (Å²) in [7, 11) is -4.70. The van der Waals surface area contributed by atoms with Crippen molar-refractivity contribution >= 4 is 27.7 Å². The number of halogens is 1. The fourth-order valence-electron chi connectivity index (χ4n) is 2.46. The number of carbonyl (C=O) groups is 1. The van der Waals surface area contributed by atoms with E-state index in [1.165, 1.54) is 45.3 Å². The number of likely N-dealkylation sites (tertiary alicyclic amines) is 1. The van der Waals surface area contributed by atoms with Gasteiger partial charge in [0.05, 0.1) is 24.5 Å². The number of quaternary nitrogens is 1. The molecule has 0 bridgehead atoms. The van der Waals surface area contributed by atoms with Crippen LogP contribution in [0.15, 0.2) is 23.1 Å². The molecule has 0 amide bonds. The summed E-state index contributed by atoms with van der Waals surface area (Å²) in [4.78, 5) is 11.5. The fraction of sp³-hybridized carbons (Fsp3) is 0.533. The van der Waals surface area contributed by atoms with E-state index in [9.17, 15) is 17.8 Å². The molecule has 1 fully saturated rings. The van der Waals surface area contributed by atoms with Crippen molar-refractivity contribution in [3.05, 3.63) is 23.8 Å². The van der Waals surface area contributed by atoms with Crippen molar-refractivity contribution in [1.82, 2.24) is 0 Å². The number of aromatic carboxylic acids is 1. The maximum Gasteiger partial charge on any atom is 0.339 e. The minimum Gasteiger partial charge on any atom is -0.744 e. The molecule has 0 radical (unpaired) electrons. The Hall–Kier alpha value is -1.35. The molecule has 0 atom stereocenters. The van der Waals surface area contributed by atoms with Gasteiger partial charge in [-0.3, -0.25) is 0 Å². The van der Waals surface area contributed by atoms with E-state index in [1.54, 1.807) is 4.90 Å². The van der Waals surface area contributed by atoms with Crippen LogP contribution in [0.4, 0.5) is 0 Å². The Balaban J connectivity index is 0.000000254. The van der Waals surface area contributed by atoms with Crippen molar-refractivity contribution in [2.45, 2.75) is 30.6 Å². The van der Waals surface area contributed by atoms with Gasteiger partial charge in [-0.1, -0.05) is 0 Å². The van der Waals surface area contributed by atoms with Gasteiger partial charge in [-0.25, -0.2) is 13.2 Å². The van der Waals surface area contributed by atoms with E-state index in [0.29, 0.717) is 6.07 Å². The normalized spacial score (nSPS) is 15.4. The van der Waals surface area contributed by atoms with E-state index in [0.717, 1.165) is 18.0 Å². The Morgan fingerprint density at radius 1 is 1.25 bits per heavy atom. The van der Waals surface area contributed by atoms with Crippen LogP contribution in [0.2, 0.25) is 0 Å². The second-order valence-corrected chi connectivity index (χ2v) is 7.30. The smallest absolute Gasteiger partial charge is 0.339 e. The van der Waals surface area contributed by atoms with Gasteiger partial charge in [0, 0.05) is 12.3 Å². The van der Waals surface area contributed by atoms with Crippen LogP contribution in [-0.4, -0.2) is 54.7 Å². The van der Waals surface area contributed by atoms with E-state index >= 15 is 0 Å². The topological polar surface area (TPSA) is 119 Å². The molecule has 2 rings (SSSR count). The number of carboxylic acid groups (broad SMARTS) is 1. The van der Waals surface area contributed by atoms with Crippen LogP contribution in [0.1, 0.15) is 36.0 Å². The summed E-state index contributed by atoms with van der Waals surface area (Å²) in [6, 6.07) is 2.29. The number of benzene rings is 1. The summed E-state index contributed by atoms with van der Waals surface area (Å²) in [6.45, 7) is 4.07. The SMILES string of the molecule is ClCCC[NH+]1CCCCC1.O=C(O)c1cc(S(=O)(=O)[O-])ccc1O. The van der Waals surface area contributed by atoms with Crippen molar-refractivity contribution < 1.29 is 32.9 Å². The van der Waals surface area contributed by atoms with Crippen LogP contribution < -0.4 is 4.90 Å². The minimum atomic E-state index is -4.70. The Labute approximate surface area is 146 Å². The molecular weight excluding hydrogens is 358 g/mol. The number of piperidine rings is 1. The van der Waals surface area contributed by atoms with E-state index in [1.807, 2.05) is 0 Å². The van der Waals surface area contributed by atoms with Crippen LogP contribution in [0, 0.1) is 0 Å². The lowest BCUT2D eigenvalue weighted by Crippen LogP contribution is -3.12. The molecule has 1 heterocycles. The Morgan fingerprint density at radius 2 is 1.88 bits per heavy atom. The third kappa shape index (κ3) is 7.04. The number of alkyl halides is 1. The van der Waals surface area contributed by atoms with Gasteiger partial charge in [0.2, 0.25) is 0 Å². The molecule has 1 aliphatic rings. The number of carboxylic acids is 1. The first kappa shape index (κ1) is 20.7. The monoisotopic (exact) mass is 379 g/mol. The lowest BCUT2D eigenvalue weighted by atomic mass is 10.1. The fourth-order valence-corrected chi connectivity index (χ4v) is 3.09. The van der Waals surface area contributed by atoms with Gasteiger partial charge in [0.1, 0.15) is 21.4 Å². The van der Waals surface area contributed by atoms with Crippen LogP contribution in [0.5, 0.6) is 5.75 Å². The van der Waals surface area contributed by atoms with E-state index in [4.69, 9.17) is 21.8 Å². The van der Waals surface area contributed by atoms with Crippen LogP contribution >= 0.6 is 11.6 Å². The standard InChI is InChI=1S/C8H16ClN.C7H6O6S/c9-5-4-8-10-6-2-1-3-7-10;8-6-2-1-4(14(11,12)13)3-5(6)7(9)10/h1-8H2;1-3,8H,(H,9,10)(H,11,12,13). The van der Waals surface area contributed by atoms with Crippen LogP contribution in [0.3, 0.4) is 0 Å². The highest BCUT2D eigenvalue weighted by molar-refractivity contribution is 7.85. The van der Waals surface area contributed by atoms with Crippen LogP contribution in [0.25, 0.3) is 0 Å². The summed E-state index contributed by atoms with van der Waals surface area (Å²) in [5.74, 6) is -1.26. The third-order valence-corrected chi connectivity index (χ3v) is 4.81. The van der Waals surface area contributed by atoms with E-state index in [2.05, 4.69) is 0 Å². The molecule has 1 aromatic carbocycles. The van der Waals surface area contributed by atoms with E-state index < -0.39 is 32.3 Å².